The molecule has 1 aromatic rings. The SMILES string of the molecule is COC(=O)c1ccc(N(C)C)c(S(N)(=O)=O)c1. The number of ether oxygens (including phenoxy) is 1. The Balaban J connectivity index is 3.45. The van der Waals surface area contributed by atoms with E-state index in [1.54, 1.807) is 19.0 Å². The smallest absolute Gasteiger partial charge is 0.337 e. The maximum Gasteiger partial charge on any atom is 0.337 e. The maximum absolute atomic E-state index is 11.4. The molecule has 0 spiro atoms. The number of methoxy groups -OCH3 is 1. The van der Waals surface area contributed by atoms with E-state index >= 15 is 0 Å². The van der Waals surface area contributed by atoms with E-state index in [0.717, 1.165) is 0 Å². The number of anilines is 1. The van der Waals surface area contributed by atoms with Crippen LogP contribution in [0.2, 0.25) is 0 Å². The molecule has 17 heavy (non-hydrogen) atoms. The molecule has 2 N–H and O–H groups in total. The number of rotatable bonds is 3. The van der Waals surface area contributed by atoms with Gasteiger partial charge in [-0.2, -0.15) is 0 Å². The zero-order chi connectivity index (χ0) is 13.2. The highest BCUT2D eigenvalue weighted by Crippen LogP contribution is 2.24. The van der Waals surface area contributed by atoms with E-state index in [4.69, 9.17) is 5.14 Å². The number of sulfonamides is 1. The summed E-state index contributed by atoms with van der Waals surface area (Å²) in [5, 5.41) is 5.10. The molecule has 0 atom stereocenters. The molecule has 0 saturated carbocycles. The van der Waals surface area contributed by atoms with E-state index in [1.165, 1.54) is 25.3 Å². The number of hydrogen-bond donors (Lipinski definition) is 1. The molecule has 1 aromatic carbocycles. The fourth-order valence-electron chi connectivity index (χ4n) is 1.36. The van der Waals surface area contributed by atoms with Gasteiger partial charge in [-0.05, 0) is 18.2 Å². The van der Waals surface area contributed by atoms with Crippen LogP contribution in [0, 0.1) is 0 Å². The van der Waals surface area contributed by atoms with E-state index in [1.807, 2.05) is 0 Å². The molecule has 0 aliphatic heterocycles. The van der Waals surface area contributed by atoms with Gasteiger partial charge in [0.05, 0.1) is 18.4 Å². The van der Waals surface area contributed by atoms with Gasteiger partial charge in [-0.15, -0.1) is 0 Å². The predicted octanol–water partition coefficient (Wildman–Crippen LogP) is 0.187. The molecule has 94 valence electrons. The summed E-state index contributed by atoms with van der Waals surface area (Å²) in [6.45, 7) is 0. The van der Waals surface area contributed by atoms with Gasteiger partial charge in [-0.3, -0.25) is 0 Å². The molecule has 0 heterocycles. The van der Waals surface area contributed by atoms with Crippen LogP contribution in [0.25, 0.3) is 0 Å². The van der Waals surface area contributed by atoms with Gasteiger partial charge in [0.25, 0.3) is 0 Å². The average Bonchev–Trinajstić information content (AvgIpc) is 2.25. The number of nitrogens with zero attached hydrogens (tertiary/aromatic N) is 1. The van der Waals surface area contributed by atoms with E-state index in [2.05, 4.69) is 4.74 Å². The minimum Gasteiger partial charge on any atom is -0.465 e. The first-order valence-corrected chi connectivity index (χ1v) is 6.24. The maximum atomic E-state index is 11.4. The molecular formula is C10H14N2O4S. The van der Waals surface area contributed by atoms with E-state index in [-0.39, 0.29) is 10.5 Å². The molecule has 0 radical (unpaired) electrons. The van der Waals surface area contributed by atoms with Crippen molar-refractivity contribution in [3.05, 3.63) is 23.8 Å². The Bertz CT molecular complexity index is 537. The van der Waals surface area contributed by atoms with Gasteiger partial charge < -0.3 is 9.64 Å². The molecule has 6 nitrogen and oxygen atoms in total. The molecule has 0 aliphatic carbocycles. The molecule has 0 amide bonds. The van der Waals surface area contributed by atoms with Crippen molar-refractivity contribution in [2.24, 2.45) is 5.14 Å². The molecule has 7 heteroatoms. The van der Waals surface area contributed by atoms with Gasteiger partial charge in [-0.25, -0.2) is 18.4 Å². The fraction of sp³-hybridized carbons (Fsp3) is 0.300. The van der Waals surface area contributed by atoms with Gasteiger partial charge >= 0.3 is 5.97 Å². The number of carbonyl (C=O) groups excluding carboxylic acids is 1. The van der Waals surface area contributed by atoms with Gasteiger partial charge in [0, 0.05) is 14.1 Å². The quantitative estimate of drug-likeness (QED) is 0.781. The Morgan fingerprint density at radius 2 is 1.94 bits per heavy atom. The monoisotopic (exact) mass is 258 g/mol. The number of carbonyl (C=O) groups is 1. The van der Waals surface area contributed by atoms with Crippen LogP contribution in [0.5, 0.6) is 0 Å². The summed E-state index contributed by atoms with van der Waals surface area (Å²) in [6, 6.07) is 4.19. The lowest BCUT2D eigenvalue weighted by Gasteiger charge is -2.16. The lowest BCUT2D eigenvalue weighted by Crippen LogP contribution is -2.19. The summed E-state index contributed by atoms with van der Waals surface area (Å²) in [7, 11) is 0.694. The minimum atomic E-state index is -3.89. The topological polar surface area (TPSA) is 89.7 Å². The third kappa shape index (κ3) is 2.95. The summed E-state index contributed by atoms with van der Waals surface area (Å²) >= 11 is 0. The third-order valence-electron chi connectivity index (χ3n) is 2.17. The first-order valence-electron chi connectivity index (χ1n) is 4.70. The Morgan fingerprint density at radius 3 is 2.35 bits per heavy atom. The van der Waals surface area contributed by atoms with Gasteiger partial charge in [0.15, 0.2) is 0 Å². The minimum absolute atomic E-state index is 0.106. The Morgan fingerprint density at radius 1 is 1.35 bits per heavy atom. The molecule has 1 rings (SSSR count). The lowest BCUT2D eigenvalue weighted by molar-refractivity contribution is 0.0600. The van der Waals surface area contributed by atoms with Crippen LogP contribution in [-0.2, 0) is 14.8 Å². The summed E-state index contributed by atoms with van der Waals surface area (Å²) in [5.74, 6) is -0.611. The highest BCUT2D eigenvalue weighted by Gasteiger charge is 2.18. The van der Waals surface area contributed by atoms with E-state index in [0.29, 0.717) is 5.69 Å². The molecule has 0 saturated heterocycles. The van der Waals surface area contributed by atoms with Gasteiger partial charge in [-0.1, -0.05) is 0 Å². The van der Waals surface area contributed by atoms with Crippen molar-refractivity contribution in [1.29, 1.82) is 0 Å². The normalized spacial score (nSPS) is 11.1. The van der Waals surface area contributed by atoms with Crippen molar-refractivity contribution < 1.29 is 17.9 Å². The van der Waals surface area contributed by atoms with Crippen molar-refractivity contribution in [2.75, 3.05) is 26.1 Å². The van der Waals surface area contributed by atoms with Gasteiger partial charge in [0.2, 0.25) is 10.0 Å². The Hall–Kier alpha value is -1.60. The summed E-state index contributed by atoms with van der Waals surface area (Å²) in [6.07, 6.45) is 0. The molecule has 0 aliphatic rings. The van der Waals surface area contributed by atoms with Gasteiger partial charge in [0.1, 0.15) is 4.90 Å². The largest absolute Gasteiger partial charge is 0.465 e. The number of benzene rings is 1. The molecule has 0 aromatic heterocycles. The highest BCUT2D eigenvalue weighted by atomic mass is 32.2. The van der Waals surface area contributed by atoms with E-state index in [9.17, 15) is 13.2 Å². The summed E-state index contributed by atoms with van der Waals surface area (Å²) in [5.41, 5.74) is 0.558. The van der Waals surface area contributed by atoms with Crippen molar-refractivity contribution in [3.63, 3.8) is 0 Å². The first-order chi connectivity index (χ1) is 7.77. The Kier molecular flexibility index (Phi) is 3.74. The second-order valence-electron chi connectivity index (χ2n) is 3.61. The van der Waals surface area contributed by atoms with Crippen molar-refractivity contribution >= 4 is 21.7 Å². The first kappa shape index (κ1) is 13.5. The summed E-state index contributed by atoms with van der Waals surface area (Å²) < 4.78 is 27.4. The van der Waals surface area contributed by atoms with Crippen molar-refractivity contribution in [2.45, 2.75) is 4.90 Å². The highest BCUT2D eigenvalue weighted by molar-refractivity contribution is 7.89. The van der Waals surface area contributed by atoms with Crippen molar-refractivity contribution in [1.82, 2.24) is 0 Å². The standard InChI is InChI=1S/C10H14N2O4S/c1-12(2)8-5-4-7(10(13)16-3)6-9(8)17(11,14)15/h4-6H,1-3H3,(H2,11,14,15). The van der Waals surface area contributed by atoms with E-state index < -0.39 is 16.0 Å². The van der Waals surface area contributed by atoms with Crippen LogP contribution in [-0.4, -0.2) is 35.6 Å². The Labute approximate surface area is 100 Å². The number of esters is 1. The molecule has 0 bridgehead atoms. The second kappa shape index (κ2) is 4.72. The zero-order valence-electron chi connectivity index (χ0n) is 9.80. The molecule has 0 unspecified atom stereocenters. The third-order valence-corrected chi connectivity index (χ3v) is 3.11. The predicted molar refractivity (Wildman–Crippen MR) is 63.5 cm³/mol. The zero-order valence-corrected chi connectivity index (χ0v) is 10.6. The average molecular weight is 258 g/mol. The van der Waals surface area contributed by atoms with Crippen LogP contribution in [0.1, 0.15) is 10.4 Å². The van der Waals surface area contributed by atoms with Crippen LogP contribution < -0.4 is 10.0 Å². The summed E-state index contributed by atoms with van der Waals surface area (Å²) in [4.78, 5) is 12.8. The number of nitrogens with two attached hydrogens (primary N) is 1. The number of primary sulfonamides is 1. The molecular weight excluding hydrogens is 244 g/mol. The van der Waals surface area contributed by atoms with Crippen molar-refractivity contribution in [3.8, 4) is 0 Å². The number of hydrogen-bond acceptors (Lipinski definition) is 5. The molecule has 0 fully saturated rings. The van der Waals surface area contributed by atoms with Crippen LogP contribution in [0.4, 0.5) is 5.69 Å². The van der Waals surface area contributed by atoms with Crippen LogP contribution in [0.3, 0.4) is 0 Å². The second-order valence-corrected chi connectivity index (χ2v) is 5.14. The fourth-order valence-corrected chi connectivity index (χ4v) is 2.19. The lowest BCUT2D eigenvalue weighted by atomic mass is 10.2. The van der Waals surface area contributed by atoms with Crippen LogP contribution in [0.15, 0.2) is 23.1 Å². The van der Waals surface area contributed by atoms with Crippen LogP contribution >= 0.6 is 0 Å².